The van der Waals surface area contributed by atoms with Gasteiger partial charge in [-0.2, -0.15) is 0 Å². The lowest BCUT2D eigenvalue weighted by Crippen LogP contribution is -2.05. The number of ether oxygens (including phenoxy) is 2. The number of nitrogens with zero attached hydrogens (tertiary/aromatic N) is 1. The van der Waals surface area contributed by atoms with Crippen LogP contribution in [0.3, 0.4) is 0 Å². The number of fused-ring (bicyclic) bond motifs is 3. The minimum Gasteiger partial charge on any atom is -0.469 e. The molecule has 2 aromatic heterocycles. The number of hydrogen-bond donors (Lipinski definition) is 1. The van der Waals surface area contributed by atoms with Crippen molar-refractivity contribution in [2.24, 2.45) is 0 Å². The normalized spacial score (nSPS) is 11.0. The number of H-pyrrole nitrogens is 1. The lowest BCUT2D eigenvalue weighted by molar-refractivity contribution is -0.140. The van der Waals surface area contributed by atoms with Gasteiger partial charge in [-0.05, 0) is 43.5 Å². The quantitative estimate of drug-likeness (QED) is 0.738. The number of carbonyl (C=O) groups is 2. The van der Waals surface area contributed by atoms with Crippen molar-refractivity contribution in [3.05, 3.63) is 40.6 Å². The van der Waals surface area contributed by atoms with Crippen molar-refractivity contribution in [3.8, 4) is 0 Å². The topological polar surface area (TPSA) is 81.3 Å². The summed E-state index contributed by atoms with van der Waals surface area (Å²) >= 11 is 0. The number of benzene rings is 1. The molecule has 0 aliphatic heterocycles. The number of esters is 2. The zero-order valence-electron chi connectivity index (χ0n) is 14.7. The van der Waals surface area contributed by atoms with Gasteiger partial charge in [-0.3, -0.25) is 4.79 Å². The van der Waals surface area contributed by atoms with Gasteiger partial charge >= 0.3 is 11.9 Å². The number of aromatic nitrogens is 2. The Morgan fingerprint density at radius 2 is 1.92 bits per heavy atom. The van der Waals surface area contributed by atoms with E-state index in [1.165, 1.54) is 14.2 Å². The summed E-state index contributed by atoms with van der Waals surface area (Å²) in [6.07, 6.45) is 0.903. The number of aryl methyl sites for hydroxylation is 2. The Labute approximate surface area is 145 Å². The van der Waals surface area contributed by atoms with Crippen LogP contribution in [0.2, 0.25) is 0 Å². The highest BCUT2D eigenvalue weighted by molar-refractivity contribution is 6.09. The number of pyridine rings is 1. The first kappa shape index (κ1) is 17.0. The lowest BCUT2D eigenvalue weighted by atomic mass is 9.98. The maximum Gasteiger partial charge on any atom is 0.337 e. The second-order valence-electron chi connectivity index (χ2n) is 5.98. The summed E-state index contributed by atoms with van der Waals surface area (Å²) in [7, 11) is 2.75. The van der Waals surface area contributed by atoms with Crippen LogP contribution in [-0.4, -0.2) is 36.1 Å². The smallest absolute Gasteiger partial charge is 0.337 e. The highest BCUT2D eigenvalue weighted by Crippen LogP contribution is 2.31. The Morgan fingerprint density at radius 3 is 2.60 bits per heavy atom. The SMILES string of the molecule is COC(=O)CCc1c(C)nc2[nH]c3cc(C(=O)OC)ccc3c2c1C. The first-order valence-corrected chi connectivity index (χ1v) is 8.03. The molecule has 0 saturated heterocycles. The van der Waals surface area contributed by atoms with Crippen molar-refractivity contribution in [1.29, 1.82) is 0 Å². The molecule has 130 valence electrons. The molecule has 3 rings (SSSR count). The van der Waals surface area contributed by atoms with Crippen molar-refractivity contribution >= 4 is 33.9 Å². The number of carbonyl (C=O) groups excluding carboxylic acids is 2. The van der Waals surface area contributed by atoms with E-state index in [1.54, 1.807) is 12.1 Å². The van der Waals surface area contributed by atoms with Crippen molar-refractivity contribution in [3.63, 3.8) is 0 Å². The van der Waals surface area contributed by atoms with Crippen LogP contribution >= 0.6 is 0 Å². The Bertz CT molecular complexity index is 988. The van der Waals surface area contributed by atoms with Gasteiger partial charge in [-0.1, -0.05) is 6.07 Å². The number of rotatable bonds is 4. The van der Waals surface area contributed by atoms with Crippen LogP contribution in [0.25, 0.3) is 21.9 Å². The van der Waals surface area contributed by atoms with E-state index in [9.17, 15) is 9.59 Å². The van der Waals surface area contributed by atoms with E-state index in [2.05, 4.69) is 9.97 Å². The van der Waals surface area contributed by atoms with Crippen LogP contribution in [0, 0.1) is 13.8 Å². The van der Waals surface area contributed by atoms with Gasteiger partial charge in [0.1, 0.15) is 5.65 Å². The molecule has 25 heavy (non-hydrogen) atoms. The minimum absolute atomic E-state index is 0.236. The average Bonchev–Trinajstić information content (AvgIpc) is 2.97. The summed E-state index contributed by atoms with van der Waals surface area (Å²) in [5.74, 6) is -0.610. The third kappa shape index (κ3) is 2.95. The fourth-order valence-corrected chi connectivity index (χ4v) is 3.25. The van der Waals surface area contributed by atoms with E-state index in [4.69, 9.17) is 9.47 Å². The van der Waals surface area contributed by atoms with E-state index in [1.807, 2.05) is 19.9 Å². The van der Waals surface area contributed by atoms with Crippen molar-refractivity contribution in [2.75, 3.05) is 14.2 Å². The molecule has 0 fully saturated rings. The van der Waals surface area contributed by atoms with E-state index in [0.717, 1.165) is 38.8 Å². The summed E-state index contributed by atoms with van der Waals surface area (Å²) < 4.78 is 9.51. The Hall–Kier alpha value is -2.89. The van der Waals surface area contributed by atoms with Crippen molar-refractivity contribution in [1.82, 2.24) is 9.97 Å². The summed E-state index contributed by atoms with van der Waals surface area (Å²) in [5.41, 5.74) is 5.11. The minimum atomic E-state index is -0.375. The van der Waals surface area contributed by atoms with Gasteiger partial charge < -0.3 is 14.5 Å². The molecule has 0 aliphatic carbocycles. The van der Waals surface area contributed by atoms with Gasteiger partial charge in [-0.15, -0.1) is 0 Å². The summed E-state index contributed by atoms with van der Waals surface area (Å²) in [6, 6.07) is 5.41. The molecule has 1 N–H and O–H groups in total. The average molecular weight is 340 g/mol. The molecular formula is C19H20N2O4. The molecule has 6 heteroatoms. The first-order valence-electron chi connectivity index (χ1n) is 8.03. The van der Waals surface area contributed by atoms with E-state index in [0.29, 0.717) is 18.4 Å². The molecule has 0 aliphatic rings. The summed E-state index contributed by atoms with van der Waals surface area (Å²) in [4.78, 5) is 31.1. The monoisotopic (exact) mass is 340 g/mol. The predicted octanol–water partition coefficient (Wildman–Crippen LogP) is 3.23. The van der Waals surface area contributed by atoms with Crippen LogP contribution in [0.5, 0.6) is 0 Å². The van der Waals surface area contributed by atoms with Gasteiger partial charge in [0.15, 0.2) is 0 Å². The Kier molecular flexibility index (Phi) is 4.44. The predicted molar refractivity (Wildman–Crippen MR) is 94.8 cm³/mol. The largest absolute Gasteiger partial charge is 0.469 e. The standard InChI is InChI=1S/C19H20N2O4/c1-10-13(7-8-16(22)24-3)11(2)20-18-17(10)14-6-5-12(19(23)25-4)9-15(14)21-18/h5-6,9H,7-8H2,1-4H3,(H,20,21). The zero-order valence-corrected chi connectivity index (χ0v) is 14.7. The molecular weight excluding hydrogens is 320 g/mol. The zero-order chi connectivity index (χ0) is 18.1. The highest BCUT2D eigenvalue weighted by Gasteiger charge is 2.16. The van der Waals surface area contributed by atoms with Gasteiger partial charge in [-0.25, -0.2) is 9.78 Å². The van der Waals surface area contributed by atoms with Crippen molar-refractivity contribution in [2.45, 2.75) is 26.7 Å². The van der Waals surface area contributed by atoms with Gasteiger partial charge in [0.25, 0.3) is 0 Å². The fourth-order valence-electron chi connectivity index (χ4n) is 3.25. The Morgan fingerprint density at radius 1 is 1.16 bits per heavy atom. The second-order valence-corrected chi connectivity index (χ2v) is 5.98. The third-order valence-corrected chi connectivity index (χ3v) is 4.55. The number of methoxy groups -OCH3 is 2. The van der Waals surface area contributed by atoms with Gasteiger partial charge in [0.05, 0.1) is 19.8 Å². The first-order chi connectivity index (χ1) is 12.0. The van der Waals surface area contributed by atoms with Crippen LogP contribution in [-0.2, 0) is 20.7 Å². The molecule has 0 bridgehead atoms. The van der Waals surface area contributed by atoms with Crippen LogP contribution in [0.4, 0.5) is 0 Å². The molecule has 3 aromatic rings. The molecule has 2 heterocycles. The molecule has 0 atom stereocenters. The number of nitrogens with one attached hydrogen (secondary N) is 1. The van der Waals surface area contributed by atoms with E-state index >= 15 is 0 Å². The molecule has 0 unspecified atom stereocenters. The number of hydrogen-bond acceptors (Lipinski definition) is 5. The van der Waals surface area contributed by atoms with Crippen LogP contribution < -0.4 is 0 Å². The molecule has 1 aromatic carbocycles. The van der Waals surface area contributed by atoms with Gasteiger partial charge in [0, 0.05) is 28.4 Å². The maximum absolute atomic E-state index is 11.7. The molecule has 6 nitrogen and oxygen atoms in total. The highest BCUT2D eigenvalue weighted by atomic mass is 16.5. The van der Waals surface area contributed by atoms with Crippen molar-refractivity contribution < 1.29 is 19.1 Å². The summed E-state index contributed by atoms with van der Waals surface area (Å²) in [6.45, 7) is 3.97. The Balaban J connectivity index is 2.14. The molecule has 0 radical (unpaired) electrons. The summed E-state index contributed by atoms with van der Waals surface area (Å²) in [5, 5.41) is 2.00. The van der Waals surface area contributed by atoms with E-state index in [-0.39, 0.29) is 11.9 Å². The molecule has 0 saturated carbocycles. The van der Waals surface area contributed by atoms with E-state index < -0.39 is 0 Å². The third-order valence-electron chi connectivity index (χ3n) is 4.55. The molecule has 0 spiro atoms. The van der Waals surface area contributed by atoms with Crippen LogP contribution in [0.1, 0.15) is 33.6 Å². The number of aromatic amines is 1. The molecule has 0 amide bonds. The van der Waals surface area contributed by atoms with Crippen LogP contribution in [0.15, 0.2) is 18.2 Å². The fraction of sp³-hybridized carbons (Fsp3) is 0.316. The maximum atomic E-state index is 11.7. The second kappa shape index (κ2) is 6.55. The lowest BCUT2D eigenvalue weighted by Gasteiger charge is -2.10. The van der Waals surface area contributed by atoms with Gasteiger partial charge in [0.2, 0.25) is 0 Å².